The van der Waals surface area contributed by atoms with Crippen LogP contribution in [0.25, 0.3) is 16.6 Å². The van der Waals surface area contributed by atoms with E-state index in [0.29, 0.717) is 16.6 Å². The smallest absolute Gasteiger partial charge is 0.352 e. The number of aryl methyl sites for hydroxylation is 2. The summed E-state index contributed by atoms with van der Waals surface area (Å²) in [4.78, 5) is 25.9. The van der Waals surface area contributed by atoms with Gasteiger partial charge in [0.15, 0.2) is 0 Å². The molecule has 2 N–H and O–H groups in total. The van der Waals surface area contributed by atoms with Crippen LogP contribution in [0.15, 0.2) is 95.9 Å². The maximum atomic E-state index is 13.5. The third kappa shape index (κ3) is 3.69. The van der Waals surface area contributed by atoms with E-state index in [4.69, 9.17) is 0 Å². The van der Waals surface area contributed by atoms with Crippen LogP contribution in [0.1, 0.15) is 38.7 Å². The molecule has 1 atom stereocenters. The van der Waals surface area contributed by atoms with Gasteiger partial charge in [0.2, 0.25) is 0 Å². The van der Waals surface area contributed by atoms with Crippen molar-refractivity contribution in [3.05, 3.63) is 129 Å². The molecular formula is C29H24N2O4. The first-order chi connectivity index (χ1) is 16.9. The van der Waals surface area contributed by atoms with Crippen molar-refractivity contribution in [1.82, 2.24) is 9.13 Å². The van der Waals surface area contributed by atoms with Crippen molar-refractivity contribution in [2.75, 3.05) is 0 Å². The highest BCUT2D eigenvalue weighted by Crippen LogP contribution is 2.40. The zero-order chi connectivity index (χ0) is 24.7. The van der Waals surface area contributed by atoms with Gasteiger partial charge in [0.25, 0.3) is 5.56 Å². The Bertz CT molecular complexity index is 1630. The number of aromatic nitrogens is 2. The summed E-state index contributed by atoms with van der Waals surface area (Å²) < 4.78 is 3.01. The van der Waals surface area contributed by atoms with Crippen LogP contribution in [0.3, 0.4) is 0 Å². The lowest BCUT2D eigenvalue weighted by Crippen LogP contribution is -2.22. The molecule has 6 nitrogen and oxygen atoms in total. The molecule has 0 bridgehead atoms. The molecule has 3 aromatic carbocycles. The molecule has 0 spiro atoms. The monoisotopic (exact) mass is 464 g/mol. The number of pyridine rings is 1. The van der Waals surface area contributed by atoms with Gasteiger partial charge >= 0.3 is 5.97 Å². The molecule has 0 aliphatic carbocycles. The average molecular weight is 465 g/mol. The molecule has 174 valence electrons. The van der Waals surface area contributed by atoms with Gasteiger partial charge in [0, 0.05) is 35.8 Å². The third-order valence-corrected chi connectivity index (χ3v) is 6.43. The summed E-state index contributed by atoms with van der Waals surface area (Å²) in [5.74, 6) is -1.43. The molecule has 6 heteroatoms. The predicted octanol–water partition coefficient (Wildman–Crippen LogP) is 5.22. The Kier molecular flexibility index (Phi) is 5.49. The predicted molar refractivity (Wildman–Crippen MR) is 136 cm³/mol. The Morgan fingerprint density at radius 1 is 0.886 bits per heavy atom. The van der Waals surface area contributed by atoms with Gasteiger partial charge in [0.05, 0.1) is 0 Å². The molecule has 0 radical (unpaired) electrons. The Morgan fingerprint density at radius 2 is 1.54 bits per heavy atom. The third-order valence-electron chi connectivity index (χ3n) is 6.43. The van der Waals surface area contributed by atoms with Gasteiger partial charge in [-0.2, -0.15) is 0 Å². The fourth-order valence-corrected chi connectivity index (χ4v) is 4.80. The maximum absolute atomic E-state index is 13.5. The van der Waals surface area contributed by atoms with E-state index in [1.54, 1.807) is 31.4 Å². The van der Waals surface area contributed by atoms with Crippen LogP contribution in [-0.2, 0) is 7.05 Å². The van der Waals surface area contributed by atoms with Crippen LogP contribution < -0.4 is 5.56 Å². The Hall–Kier alpha value is -4.58. The quantitative estimate of drug-likeness (QED) is 0.373. The lowest BCUT2D eigenvalue weighted by atomic mass is 9.84. The summed E-state index contributed by atoms with van der Waals surface area (Å²) in [5.41, 5.74) is 3.77. The van der Waals surface area contributed by atoms with Crippen LogP contribution in [0.5, 0.6) is 5.75 Å². The minimum Gasteiger partial charge on any atom is -0.508 e. The van der Waals surface area contributed by atoms with Crippen LogP contribution in [0, 0.1) is 6.92 Å². The largest absolute Gasteiger partial charge is 0.508 e. The van der Waals surface area contributed by atoms with E-state index in [0.717, 1.165) is 16.7 Å². The Balaban J connectivity index is 1.94. The van der Waals surface area contributed by atoms with Crippen molar-refractivity contribution in [3.63, 3.8) is 0 Å². The molecule has 0 amide bonds. The van der Waals surface area contributed by atoms with Gasteiger partial charge in [0.1, 0.15) is 17.0 Å². The Labute approximate surface area is 202 Å². The lowest BCUT2D eigenvalue weighted by molar-refractivity contribution is 0.0688. The number of para-hydroxylation sites is 2. The standard InChI is InChI=1S/C29H24N2O4/c1-18-10-6-8-14-23(18)31-24(29(34)35)16-21-22(17-30(2)28(33)27(21)31)26(19-11-4-3-5-12-19)20-13-7-9-15-25(20)32/h3-17,26,32H,1-2H3,(H,34,35). The van der Waals surface area contributed by atoms with E-state index < -0.39 is 11.9 Å². The number of fused-ring (bicyclic) bond motifs is 1. The summed E-state index contributed by atoms with van der Waals surface area (Å²) >= 11 is 0. The first-order valence-electron chi connectivity index (χ1n) is 11.3. The first-order valence-corrected chi connectivity index (χ1v) is 11.3. The van der Waals surface area contributed by atoms with Gasteiger partial charge < -0.3 is 14.8 Å². The topological polar surface area (TPSA) is 84.5 Å². The van der Waals surface area contributed by atoms with E-state index in [1.807, 2.05) is 73.7 Å². The zero-order valence-electron chi connectivity index (χ0n) is 19.3. The highest BCUT2D eigenvalue weighted by molar-refractivity contribution is 5.97. The highest BCUT2D eigenvalue weighted by atomic mass is 16.4. The van der Waals surface area contributed by atoms with E-state index in [1.165, 1.54) is 9.13 Å². The maximum Gasteiger partial charge on any atom is 0.352 e. The highest BCUT2D eigenvalue weighted by Gasteiger charge is 2.28. The molecule has 0 aliphatic heterocycles. The molecule has 2 heterocycles. The molecule has 0 saturated carbocycles. The van der Waals surface area contributed by atoms with E-state index in [2.05, 4.69) is 0 Å². The van der Waals surface area contributed by atoms with Gasteiger partial charge in [-0.3, -0.25) is 9.36 Å². The number of carbonyl (C=O) groups is 1. The first kappa shape index (κ1) is 22.2. The van der Waals surface area contributed by atoms with Crippen LogP contribution in [-0.4, -0.2) is 25.3 Å². The molecule has 5 aromatic rings. The van der Waals surface area contributed by atoms with Crippen LogP contribution in [0.4, 0.5) is 0 Å². The normalized spacial score (nSPS) is 12.1. The Morgan fingerprint density at radius 3 is 2.23 bits per heavy atom. The van der Waals surface area contributed by atoms with Crippen LogP contribution >= 0.6 is 0 Å². The van der Waals surface area contributed by atoms with Gasteiger partial charge in [-0.05, 0) is 41.8 Å². The molecule has 0 aliphatic rings. The summed E-state index contributed by atoms with van der Waals surface area (Å²) in [5, 5.41) is 21.4. The molecular weight excluding hydrogens is 440 g/mol. The number of carboxylic acid groups (broad SMARTS) is 1. The van der Waals surface area contributed by atoms with E-state index in [-0.39, 0.29) is 22.5 Å². The fraction of sp³-hybridized carbons (Fsp3) is 0.103. The summed E-state index contributed by atoms with van der Waals surface area (Å²) in [7, 11) is 1.66. The molecule has 1 unspecified atom stereocenters. The van der Waals surface area contributed by atoms with Gasteiger partial charge in [-0.15, -0.1) is 0 Å². The minimum atomic E-state index is -1.13. The number of carboxylic acids is 1. The fourth-order valence-electron chi connectivity index (χ4n) is 4.80. The minimum absolute atomic E-state index is 0.00273. The molecule has 0 fully saturated rings. The summed E-state index contributed by atoms with van der Waals surface area (Å²) in [6.07, 6.45) is 1.74. The van der Waals surface area contributed by atoms with Crippen molar-refractivity contribution in [2.24, 2.45) is 7.05 Å². The molecule has 0 saturated heterocycles. The molecule has 5 rings (SSSR count). The summed E-state index contributed by atoms with van der Waals surface area (Å²) in [6, 6.07) is 25.7. The number of aromatic hydroxyl groups is 1. The van der Waals surface area contributed by atoms with Crippen molar-refractivity contribution in [1.29, 1.82) is 0 Å². The second kappa shape index (κ2) is 8.65. The van der Waals surface area contributed by atoms with Crippen molar-refractivity contribution in [3.8, 4) is 11.4 Å². The second-order valence-corrected chi connectivity index (χ2v) is 8.62. The molecule has 2 aromatic heterocycles. The van der Waals surface area contributed by atoms with Crippen molar-refractivity contribution >= 4 is 16.9 Å². The summed E-state index contributed by atoms with van der Waals surface area (Å²) in [6.45, 7) is 1.88. The number of rotatable bonds is 5. The van der Waals surface area contributed by atoms with Gasteiger partial charge in [-0.25, -0.2) is 4.79 Å². The zero-order valence-corrected chi connectivity index (χ0v) is 19.3. The van der Waals surface area contributed by atoms with E-state index >= 15 is 0 Å². The number of aromatic carboxylic acids is 1. The number of hydrogen-bond acceptors (Lipinski definition) is 3. The number of hydrogen-bond donors (Lipinski definition) is 2. The number of nitrogens with zero attached hydrogens (tertiary/aromatic N) is 2. The lowest BCUT2D eigenvalue weighted by Gasteiger charge is -2.22. The van der Waals surface area contributed by atoms with Gasteiger partial charge in [-0.1, -0.05) is 66.7 Å². The number of phenolic OH excluding ortho intramolecular Hbond substituents is 1. The van der Waals surface area contributed by atoms with Crippen molar-refractivity contribution < 1.29 is 15.0 Å². The number of benzene rings is 3. The van der Waals surface area contributed by atoms with Crippen molar-refractivity contribution in [2.45, 2.75) is 12.8 Å². The SMILES string of the molecule is Cc1ccccc1-n1c(C(=O)O)cc2c(C(c3ccccc3)c3ccccc3O)cn(C)c(=O)c21. The number of phenols is 1. The van der Waals surface area contributed by atoms with Crippen LogP contribution in [0.2, 0.25) is 0 Å². The molecule has 35 heavy (non-hydrogen) atoms. The average Bonchev–Trinajstić information content (AvgIpc) is 3.26. The second-order valence-electron chi connectivity index (χ2n) is 8.62. The van der Waals surface area contributed by atoms with E-state index in [9.17, 15) is 19.8 Å².